The SMILES string of the molecule is CC(N)C1CCN(C(=O)c2cncc(-c3ccc(Cl)cc3)c2)CC1. The summed E-state index contributed by atoms with van der Waals surface area (Å²) in [7, 11) is 0. The maximum absolute atomic E-state index is 12.7. The van der Waals surface area contributed by atoms with Gasteiger partial charge in [-0.2, -0.15) is 0 Å². The number of pyridine rings is 1. The number of carbonyl (C=O) groups is 1. The lowest BCUT2D eigenvalue weighted by Gasteiger charge is -2.33. The molecule has 1 aliphatic heterocycles. The van der Waals surface area contributed by atoms with Crippen molar-refractivity contribution in [2.24, 2.45) is 11.7 Å². The molecule has 1 amide bonds. The van der Waals surface area contributed by atoms with Gasteiger partial charge in [-0.25, -0.2) is 0 Å². The van der Waals surface area contributed by atoms with Crippen LogP contribution in [0.4, 0.5) is 0 Å². The van der Waals surface area contributed by atoms with Gasteiger partial charge < -0.3 is 10.6 Å². The van der Waals surface area contributed by atoms with Crippen molar-refractivity contribution >= 4 is 17.5 Å². The average Bonchev–Trinajstić information content (AvgIpc) is 2.62. The van der Waals surface area contributed by atoms with Crippen molar-refractivity contribution in [3.63, 3.8) is 0 Å². The Labute approximate surface area is 147 Å². The molecule has 0 spiro atoms. The Balaban J connectivity index is 1.74. The zero-order valence-corrected chi connectivity index (χ0v) is 14.5. The van der Waals surface area contributed by atoms with Gasteiger partial charge in [0.05, 0.1) is 5.56 Å². The number of rotatable bonds is 3. The van der Waals surface area contributed by atoms with E-state index in [1.165, 1.54) is 0 Å². The minimum Gasteiger partial charge on any atom is -0.339 e. The van der Waals surface area contributed by atoms with Crippen LogP contribution in [-0.2, 0) is 0 Å². The summed E-state index contributed by atoms with van der Waals surface area (Å²) >= 11 is 5.93. The molecule has 1 unspecified atom stereocenters. The Morgan fingerprint density at radius 2 is 1.88 bits per heavy atom. The Hall–Kier alpha value is -1.91. The molecule has 2 N–H and O–H groups in total. The Bertz CT molecular complexity index is 707. The molecule has 1 aromatic carbocycles. The number of aromatic nitrogens is 1. The fourth-order valence-corrected chi connectivity index (χ4v) is 3.29. The van der Waals surface area contributed by atoms with Crippen LogP contribution in [-0.4, -0.2) is 34.9 Å². The second-order valence-corrected chi connectivity index (χ2v) is 6.89. The molecule has 0 saturated carbocycles. The number of hydrogen-bond donors (Lipinski definition) is 1. The van der Waals surface area contributed by atoms with Gasteiger partial charge in [-0.1, -0.05) is 23.7 Å². The van der Waals surface area contributed by atoms with Gasteiger partial charge in [-0.15, -0.1) is 0 Å². The highest BCUT2D eigenvalue weighted by atomic mass is 35.5. The number of hydrogen-bond acceptors (Lipinski definition) is 3. The number of carbonyl (C=O) groups excluding carboxylic acids is 1. The summed E-state index contributed by atoms with van der Waals surface area (Å²) in [5.41, 5.74) is 8.52. The van der Waals surface area contributed by atoms with Gasteiger partial charge in [0, 0.05) is 42.1 Å². The molecule has 5 heteroatoms. The second kappa shape index (κ2) is 7.32. The van der Waals surface area contributed by atoms with Crippen LogP contribution < -0.4 is 5.73 Å². The normalized spacial score (nSPS) is 16.9. The smallest absolute Gasteiger partial charge is 0.255 e. The zero-order valence-electron chi connectivity index (χ0n) is 13.8. The lowest BCUT2D eigenvalue weighted by atomic mass is 9.90. The van der Waals surface area contributed by atoms with E-state index in [1.807, 2.05) is 42.2 Å². The molecule has 2 aromatic rings. The van der Waals surface area contributed by atoms with Gasteiger partial charge >= 0.3 is 0 Å². The maximum atomic E-state index is 12.7. The molecule has 3 rings (SSSR count). The number of piperidine rings is 1. The van der Waals surface area contributed by atoms with E-state index in [-0.39, 0.29) is 11.9 Å². The largest absolute Gasteiger partial charge is 0.339 e. The molecule has 1 saturated heterocycles. The first-order valence-electron chi connectivity index (χ1n) is 8.30. The highest BCUT2D eigenvalue weighted by Gasteiger charge is 2.25. The van der Waals surface area contributed by atoms with Crippen molar-refractivity contribution < 1.29 is 4.79 Å². The number of nitrogens with zero attached hydrogens (tertiary/aromatic N) is 2. The third-order valence-corrected chi connectivity index (χ3v) is 4.99. The van der Waals surface area contributed by atoms with Gasteiger partial charge in [0.15, 0.2) is 0 Å². The van der Waals surface area contributed by atoms with Gasteiger partial charge in [0.1, 0.15) is 0 Å². The Morgan fingerprint density at radius 1 is 1.21 bits per heavy atom. The Morgan fingerprint density at radius 3 is 2.50 bits per heavy atom. The first-order chi connectivity index (χ1) is 11.5. The summed E-state index contributed by atoms with van der Waals surface area (Å²) in [6, 6.07) is 9.63. The molecule has 126 valence electrons. The summed E-state index contributed by atoms with van der Waals surface area (Å²) in [5, 5.41) is 0.691. The summed E-state index contributed by atoms with van der Waals surface area (Å²) < 4.78 is 0. The van der Waals surface area contributed by atoms with Gasteiger partial charge in [-0.05, 0) is 49.4 Å². The number of benzene rings is 1. The Kier molecular flexibility index (Phi) is 5.17. The van der Waals surface area contributed by atoms with E-state index in [0.29, 0.717) is 16.5 Å². The monoisotopic (exact) mass is 343 g/mol. The van der Waals surface area contributed by atoms with Crippen molar-refractivity contribution in [2.45, 2.75) is 25.8 Å². The van der Waals surface area contributed by atoms with Crippen LogP contribution in [0, 0.1) is 5.92 Å². The van der Waals surface area contributed by atoms with Gasteiger partial charge in [-0.3, -0.25) is 9.78 Å². The van der Waals surface area contributed by atoms with Crippen molar-refractivity contribution in [1.29, 1.82) is 0 Å². The summed E-state index contributed by atoms with van der Waals surface area (Å²) in [6.07, 6.45) is 5.34. The molecule has 24 heavy (non-hydrogen) atoms. The first-order valence-corrected chi connectivity index (χ1v) is 8.68. The van der Waals surface area contributed by atoms with Crippen molar-refractivity contribution in [2.75, 3.05) is 13.1 Å². The van der Waals surface area contributed by atoms with Crippen LogP contribution in [0.1, 0.15) is 30.1 Å². The van der Waals surface area contributed by atoms with E-state index in [9.17, 15) is 4.79 Å². The topological polar surface area (TPSA) is 59.2 Å². The van der Waals surface area contributed by atoms with Crippen LogP contribution in [0.2, 0.25) is 5.02 Å². The molecule has 2 heterocycles. The highest BCUT2D eigenvalue weighted by molar-refractivity contribution is 6.30. The quantitative estimate of drug-likeness (QED) is 0.926. The predicted octanol–water partition coefficient (Wildman–Crippen LogP) is 3.60. The fraction of sp³-hybridized carbons (Fsp3) is 0.368. The highest BCUT2D eigenvalue weighted by Crippen LogP contribution is 2.24. The maximum Gasteiger partial charge on any atom is 0.255 e. The molecule has 0 bridgehead atoms. The van der Waals surface area contributed by atoms with E-state index in [4.69, 9.17) is 17.3 Å². The minimum atomic E-state index is 0.0430. The van der Waals surface area contributed by atoms with E-state index in [0.717, 1.165) is 37.1 Å². The van der Waals surface area contributed by atoms with Crippen LogP contribution in [0.15, 0.2) is 42.7 Å². The van der Waals surface area contributed by atoms with Crippen molar-refractivity contribution in [1.82, 2.24) is 9.88 Å². The van der Waals surface area contributed by atoms with E-state index in [1.54, 1.807) is 12.4 Å². The summed E-state index contributed by atoms with van der Waals surface area (Å²) in [6.45, 7) is 3.56. The molecule has 1 aromatic heterocycles. The molecule has 0 radical (unpaired) electrons. The van der Waals surface area contributed by atoms with Gasteiger partial charge in [0.25, 0.3) is 5.91 Å². The summed E-state index contributed by atoms with van der Waals surface area (Å²) in [5.74, 6) is 0.550. The molecule has 0 aliphatic carbocycles. The number of nitrogens with two attached hydrogens (primary N) is 1. The summed E-state index contributed by atoms with van der Waals surface area (Å²) in [4.78, 5) is 18.9. The van der Waals surface area contributed by atoms with E-state index < -0.39 is 0 Å². The zero-order chi connectivity index (χ0) is 17.1. The van der Waals surface area contributed by atoms with Crippen LogP contribution in [0.3, 0.4) is 0 Å². The molecule has 4 nitrogen and oxygen atoms in total. The molecular formula is C19H22ClN3O. The standard InChI is InChI=1S/C19H22ClN3O/c1-13(21)14-6-8-23(9-7-14)19(24)17-10-16(11-22-12-17)15-2-4-18(20)5-3-15/h2-5,10-14H,6-9,21H2,1H3. The van der Waals surface area contributed by atoms with E-state index >= 15 is 0 Å². The number of halogens is 1. The first kappa shape index (κ1) is 16.9. The van der Waals surface area contributed by atoms with Crippen LogP contribution in [0.25, 0.3) is 11.1 Å². The van der Waals surface area contributed by atoms with Crippen LogP contribution in [0.5, 0.6) is 0 Å². The van der Waals surface area contributed by atoms with Crippen molar-refractivity contribution in [3.05, 3.63) is 53.3 Å². The average molecular weight is 344 g/mol. The van der Waals surface area contributed by atoms with E-state index in [2.05, 4.69) is 4.98 Å². The third kappa shape index (κ3) is 3.77. The van der Waals surface area contributed by atoms with Gasteiger partial charge in [0.2, 0.25) is 0 Å². The lowest BCUT2D eigenvalue weighted by molar-refractivity contribution is 0.0680. The van der Waals surface area contributed by atoms with Crippen LogP contribution >= 0.6 is 11.6 Å². The fourth-order valence-electron chi connectivity index (χ4n) is 3.17. The number of likely N-dealkylation sites (tertiary alicyclic amines) is 1. The number of amides is 1. The predicted molar refractivity (Wildman–Crippen MR) is 97.0 cm³/mol. The minimum absolute atomic E-state index is 0.0430. The second-order valence-electron chi connectivity index (χ2n) is 6.46. The third-order valence-electron chi connectivity index (χ3n) is 4.73. The molecule has 1 atom stereocenters. The van der Waals surface area contributed by atoms with Crippen molar-refractivity contribution in [3.8, 4) is 11.1 Å². The molecule has 1 fully saturated rings. The lowest BCUT2D eigenvalue weighted by Crippen LogP contribution is -2.42. The molecular weight excluding hydrogens is 322 g/mol. The molecule has 1 aliphatic rings.